The Morgan fingerprint density at radius 2 is 2.14 bits per heavy atom. The highest BCUT2D eigenvalue weighted by Gasteiger charge is 2.25. The molecule has 9 heteroatoms. The van der Waals surface area contributed by atoms with E-state index in [1.807, 2.05) is 24.1 Å². The number of carboxylic acid groups (broad SMARTS) is 1. The van der Waals surface area contributed by atoms with Crippen molar-refractivity contribution in [3.8, 4) is 0 Å². The van der Waals surface area contributed by atoms with Crippen LogP contribution in [0, 0.1) is 6.92 Å². The first-order chi connectivity index (χ1) is 13.6. The van der Waals surface area contributed by atoms with E-state index >= 15 is 0 Å². The second-order valence-corrected chi connectivity index (χ2v) is 7.27. The van der Waals surface area contributed by atoms with Gasteiger partial charge in [-0.3, -0.25) is 18.9 Å². The number of hydrogen-bond donors (Lipinski definition) is 1. The number of nitrogens with zero attached hydrogens (tertiary/aromatic N) is 5. The minimum absolute atomic E-state index is 0.0513. The number of imidazole rings is 1. The monoisotopic (exact) mass is 401 g/mol. The number of fused-ring (bicyclic) bond motifs is 1. The van der Waals surface area contributed by atoms with Gasteiger partial charge in [0.25, 0.3) is 12.4 Å². The Balaban J connectivity index is 0.000000706. The lowest BCUT2D eigenvalue weighted by Gasteiger charge is -2.22. The fourth-order valence-electron chi connectivity index (χ4n) is 3.38. The summed E-state index contributed by atoms with van der Waals surface area (Å²) in [5.41, 5.74) is 2.73. The van der Waals surface area contributed by atoms with Gasteiger partial charge in [-0.1, -0.05) is 0 Å². The molecule has 8 nitrogen and oxygen atoms in total. The Hall–Kier alpha value is -2.78. The van der Waals surface area contributed by atoms with Gasteiger partial charge >= 0.3 is 0 Å². The van der Waals surface area contributed by atoms with Crippen LogP contribution in [-0.4, -0.2) is 67.8 Å². The van der Waals surface area contributed by atoms with Gasteiger partial charge in [0.15, 0.2) is 0 Å². The van der Waals surface area contributed by atoms with E-state index < -0.39 is 0 Å². The molecule has 0 atom stereocenters. The van der Waals surface area contributed by atoms with Crippen molar-refractivity contribution >= 4 is 29.5 Å². The Bertz CT molecular complexity index is 925. The van der Waals surface area contributed by atoms with Crippen molar-refractivity contribution in [1.82, 2.24) is 24.2 Å². The molecule has 1 N–H and O–H groups in total. The number of carbonyl (C=O) groups excluding carboxylic acids is 1. The van der Waals surface area contributed by atoms with Crippen LogP contribution in [-0.2, 0) is 11.3 Å². The molecule has 4 rings (SSSR count). The van der Waals surface area contributed by atoms with Crippen LogP contribution in [0.3, 0.4) is 0 Å². The van der Waals surface area contributed by atoms with E-state index in [1.54, 1.807) is 21.9 Å². The number of rotatable bonds is 3. The summed E-state index contributed by atoms with van der Waals surface area (Å²) in [6.07, 6.45) is 4.55. The number of aromatic nitrogens is 3. The van der Waals surface area contributed by atoms with Gasteiger partial charge in [-0.05, 0) is 41.8 Å². The van der Waals surface area contributed by atoms with Gasteiger partial charge in [-0.2, -0.15) is 11.3 Å². The standard InChI is InChI=1S/C18H21N5OS.CH2O2/c1-14-16(23-8-2-5-19-18(23)20-14)17(24)22-7-3-6-21(9-10-22)12-15-4-11-25-13-15;2-1-3/h2,4-5,8,11,13H,3,6-7,9-10,12H2,1H3;1H,(H,2,3). The van der Waals surface area contributed by atoms with Crippen molar-refractivity contribution in [2.45, 2.75) is 19.9 Å². The predicted octanol–water partition coefficient (Wildman–Crippen LogP) is 2.15. The van der Waals surface area contributed by atoms with Crippen molar-refractivity contribution < 1.29 is 14.7 Å². The highest BCUT2D eigenvalue weighted by Crippen LogP contribution is 2.16. The van der Waals surface area contributed by atoms with Crippen molar-refractivity contribution in [2.24, 2.45) is 0 Å². The lowest BCUT2D eigenvalue weighted by atomic mass is 10.3. The molecule has 1 saturated heterocycles. The average Bonchev–Trinajstić information content (AvgIpc) is 3.23. The summed E-state index contributed by atoms with van der Waals surface area (Å²) >= 11 is 1.73. The maximum Gasteiger partial charge on any atom is 0.290 e. The first kappa shape index (κ1) is 20.0. The van der Waals surface area contributed by atoms with Crippen LogP contribution in [0.2, 0.25) is 0 Å². The maximum absolute atomic E-state index is 13.1. The topological polar surface area (TPSA) is 91.0 Å². The largest absolute Gasteiger partial charge is 0.483 e. The Labute approximate surface area is 167 Å². The molecule has 148 valence electrons. The van der Waals surface area contributed by atoms with Crippen LogP contribution in [0.4, 0.5) is 0 Å². The maximum atomic E-state index is 13.1. The minimum atomic E-state index is -0.250. The van der Waals surface area contributed by atoms with Crippen LogP contribution in [0.1, 0.15) is 28.2 Å². The molecular formula is C19H23N5O3S. The second kappa shape index (κ2) is 9.43. The summed E-state index contributed by atoms with van der Waals surface area (Å²) in [5.74, 6) is 0.632. The van der Waals surface area contributed by atoms with E-state index in [0.29, 0.717) is 11.5 Å². The first-order valence-corrected chi connectivity index (χ1v) is 9.98. The number of aryl methyl sites for hydroxylation is 1. The molecule has 0 bridgehead atoms. The van der Waals surface area contributed by atoms with Gasteiger partial charge in [0.1, 0.15) is 5.69 Å². The van der Waals surface area contributed by atoms with Crippen LogP contribution in [0.25, 0.3) is 5.78 Å². The molecule has 0 spiro atoms. The van der Waals surface area contributed by atoms with Gasteiger partial charge in [0, 0.05) is 45.1 Å². The third-order valence-electron chi connectivity index (χ3n) is 4.64. The Morgan fingerprint density at radius 3 is 2.89 bits per heavy atom. The van der Waals surface area contributed by atoms with Crippen LogP contribution < -0.4 is 0 Å². The highest BCUT2D eigenvalue weighted by atomic mass is 32.1. The first-order valence-electron chi connectivity index (χ1n) is 9.04. The Kier molecular flexibility index (Phi) is 6.72. The smallest absolute Gasteiger partial charge is 0.290 e. The van der Waals surface area contributed by atoms with Gasteiger partial charge in [0.2, 0.25) is 5.78 Å². The van der Waals surface area contributed by atoms with Crippen molar-refractivity contribution in [1.29, 1.82) is 0 Å². The summed E-state index contributed by atoms with van der Waals surface area (Å²) in [6, 6.07) is 4.00. The minimum Gasteiger partial charge on any atom is -0.483 e. The third kappa shape index (κ3) is 4.55. The zero-order chi connectivity index (χ0) is 19.9. The fraction of sp³-hybridized carbons (Fsp3) is 0.368. The van der Waals surface area contributed by atoms with E-state index in [4.69, 9.17) is 9.90 Å². The molecule has 4 heterocycles. The lowest BCUT2D eigenvalue weighted by Crippen LogP contribution is -2.36. The molecule has 0 aliphatic carbocycles. The van der Waals surface area contributed by atoms with E-state index in [9.17, 15) is 4.79 Å². The van der Waals surface area contributed by atoms with E-state index in [0.717, 1.165) is 44.8 Å². The molecule has 1 amide bonds. The molecule has 28 heavy (non-hydrogen) atoms. The normalized spacial score (nSPS) is 15.0. The van der Waals surface area contributed by atoms with Gasteiger partial charge in [0.05, 0.1) is 5.69 Å². The van der Waals surface area contributed by atoms with Crippen molar-refractivity contribution in [3.05, 3.63) is 52.2 Å². The van der Waals surface area contributed by atoms with Gasteiger partial charge < -0.3 is 10.0 Å². The molecular weight excluding hydrogens is 378 g/mol. The van der Waals surface area contributed by atoms with E-state index in [2.05, 4.69) is 31.7 Å². The van der Waals surface area contributed by atoms with Crippen molar-refractivity contribution in [3.63, 3.8) is 0 Å². The van der Waals surface area contributed by atoms with Crippen LogP contribution in [0.15, 0.2) is 35.3 Å². The molecule has 0 aromatic carbocycles. The van der Waals surface area contributed by atoms with Gasteiger partial charge in [-0.25, -0.2) is 9.97 Å². The number of thiophene rings is 1. The third-order valence-corrected chi connectivity index (χ3v) is 5.37. The Morgan fingerprint density at radius 1 is 1.32 bits per heavy atom. The van der Waals surface area contributed by atoms with E-state index in [-0.39, 0.29) is 12.4 Å². The molecule has 0 saturated carbocycles. The highest BCUT2D eigenvalue weighted by molar-refractivity contribution is 7.07. The molecule has 3 aromatic rings. The fourth-order valence-corrected chi connectivity index (χ4v) is 4.04. The zero-order valence-corrected chi connectivity index (χ0v) is 16.5. The van der Waals surface area contributed by atoms with E-state index in [1.165, 1.54) is 5.56 Å². The van der Waals surface area contributed by atoms with Gasteiger partial charge in [-0.15, -0.1) is 0 Å². The molecule has 0 radical (unpaired) electrons. The summed E-state index contributed by atoms with van der Waals surface area (Å²) in [5, 5.41) is 11.2. The summed E-state index contributed by atoms with van der Waals surface area (Å²) in [7, 11) is 0. The quantitative estimate of drug-likeness (QED) is 0.676. The molecule has 3 aromatic heterocycles. The number of hydrogen-bond acceptors (Lipinski definition) is 6. The van der Waals surface area contributed by atoms with Crippen LogP contribution >= 0.6 is 11.3 Å². The van der Waals surface area contributed by atoms with Crippen LogP contribution in [0.5, 0.6) is 0 Å². The number of carbonyl (C=O) groups is 2. The zero-order valence-electron chi connectivity index (χ0n) is 15.7. The predicted molar refractivity (Wildman–Crippen MR) is 107 cm³/mol. The summed E-state index contributed by atoms with van der Waals surface area (Å²) in [6.45, 7) is 6.04. The molecule has 1 aliphatic rings. The lowest BCUT2D eigenvalue weighted by molar-refractivity contribution is -0.122. The number of amides is 1. The molecule has 1 aliphatic heterocycles. The average molecular weight is 401 g/mol. The van der Waals surface area contributed by atoms with Crippen molar-refractivity contribution in [2.75, 3.05) is 26.2 Å². The molecule has 0 unspecified atom stereocenters. The SMILES string of the molecule is Cc1nc2ncccn2c1C(=O)N1CCCN(Cc2ccsc2)CC1.O=CO. The molecule has 1 fully saturated rings. The summed E-state index contributed by atoms with van der Waals surface area (Å²) < 4.78 is 1.80. The summed E-state index contributed by atoms with van der Waals surface area (Å²) in [4.78, 5) is 34.5. The second-order valence-electron chi connectivity index (χ2n) is 6.49.